The van der Waals surface area contributed by atoms with Crippen molar-refractivity contribution in [2.45, 2.75) is 24.5 Å². The highest BCUT2D eigenvalue weighted by molar-refractivity contribution is 9.10. The average molecular weight is 356 g/mol. The summed E-state index contributed by atoms with van der Waals surface area (Å²) >= 11 is 9.68. The summed E-state index contributed by atoms with van der Waals surface area (Å²) in [7, 11) is -1.66. The van der Waals surface area contributed by atoms with Crippen molar-refractivity contribution < 1.29 is 13.2 Å². The summed E-state index contributed by atoms with van der Waals surface area (Å²) < 4.78 is 29.3. The van der Waals surface area contributed by atoms with Crippen molar-refractivity contribution in [3.63, 3.8) is 0 Å². The molecule has 0 aromatic heterocycles. The topological polar surface area (TPSA) is 43.4 Å². The van der Waals surface area contributed by atoms with E-state index in [0.29, 0.717) is 11.3 Å². The third-order valence-electron chi connectivity index (χ3n) is 2.90. The van der Waals surface area contributed by atoms with Gasteiger partial charge in [-0.1, -0.05) is 15.9 Å². The van der Waals surface area contributed by atoms with E-state index in [2.05, 4.69) is 15.9 Å². The summed E-state index contributed by atoms with van der Waals surface area (Å²) in [4.78, 5) is 0. The standard InChI is InChI=1S/C12H16BrClO3S/c1-7-5-11(17-3)9(6-10(7)13)12(14)8(2)18(4,15)16/h5-6,8,12H,1-4H3. The number of hydrogen-bond donors (Lipinski definition) is 0. The molecule has 0 bridgehead atoms. The zero-order valence-electron chi connectivity index (χ0n) is 10.7. The monoisotopic (exact) mass is 354 g/mol. The van der Waals surface area contributed by atoms with Crippen molar-refractivity contribution in [2.75, 3.05) is 13.4 Å². The van der Waals surface area contributed by atoms with E-state index < -0.39 is 20.5 Å². The Bertz CT molecular complexity index is 542. The zero-order chi connectivity index (χ0) is 14.1. The molecule has 0 heterocycles. The second-order valence-electron chi connectivity index (χ2n) is 4.28. The number of halogens is 2. The van der Waals surface area contributed by atoms with Crippen molar-refractivity contribution in [2.24, 2.45) is 0 Å². The second-order valence-corrected chi connectivity index (χ2v) is 8.01. The van der Waals surface area contributed by atoms with Crippen molar-refractivity contribution in [3.05, 3.63) is 27.7 Å². The fourth-order valence-corrected chi connectivity index (χ4v) is 3.21. The molecule has 0 saturated heterocycles. The third kappa shape index (κ3) is 3.39. The molecular weight excluding hydrogens is 340 g/mol. The molecule has 0 fully saturated rings. The minimum Gasteiger partial charge on any atom is -0.496 e. The van der Waals surface area contributed by atoms with E-state index in [4.69, 9.17) is 16.3 Å². The fourth-order valence-electron chi connectivity index (χ4n) is 1.53. The van der Waals surface area contributed by atoms with Crippen LogP contribution in [-0.2, 0) is 9.84 Å². The molecule has 0 radical (unpaired) electrons. The molecule has 2 unspecified atom stereocenters. The third-order valence-corrected chi connectivity index (χ3v) is 6.14. The van der Waals surface area contributed by atoms with E-state index in [-0.39, 0.29) is 0 Å². The van der Waals surface area contributed by atoms with Gasteiger partial charge in [0.2, 0.25) is 0 Å². The SMILES string of the molecule is COc1cc(C)c(Br)cc1C(Cl)C(C)S(C)(=O)=O. The lowest BCUT2D eigenvalue weighted by molar-refractivity contribution is 0.408. The molecular formula is C12H16BrClO3S. The van der Waals surface area contributed by atoms with Crippen molar-refractivity contribution >= 4 is 37.4 Å². The van der Waals surface area contributed by atoms with Crippen LogP contribution < -0.4 is 4.74 Å². The largest absolute Gasteiger partial charge is 0.496 e. The number of benzene rings is 1. The molecule has 1 aromatic rings. The minimum absolute atomic E-state index is 0.603. The van der Waals surface area contributed by atoms with Crippen LogP contribution in [0.4, 0.5) is 0 Å². The number of rotatable bonds is 4. The van der Waals surface area contributed by atoms with Gasteiger partial charge in [-0.15, -0.1) is 11.6 Å². The Morgan fingerprint density at radius 3 is 2.39 bits per heavy atom. The molecule has 0 N–H and O–H groups in total. The Kier molecular flexibility index (Phi) is 5.09. The first-order chi connectivity index (χ1) is 8.18. The summed E-state index contributed by atoms with van der Waals surface area (Å²) in [6.45, 7) is 3.53. The van der Waals surface area contributed by atoms with Crippen LogP contribution >= 0.6 is 27.5 Å². The van der Waals surface area contributed by atoms with Crippen molar-refractivity contribution in [3.8, 4) is 5.75 Å². The van der Waals surface area contributed by atoms with Gasteiger partial charge >= 0.3 is 0 Å². The van der Waals surface area contributed by atoms with Crippen LogP contribution in [0.25, 0.3) is 0 Å². The lowest BCUT2D eigenvalue weighted by atomic mass is 10.1. The normalized spacial score (nSPS) is 15.2. The molecule has 2 atom stereocenters. The molecule has 0 spiro atoms. The summed E-state index contributed by atoms with van der Waals surface area (Å²) in [5, 5.41) is -1.32. The van der Waals surface area contributed by atoms with Gasteiger partial charge in [-0.05, 0) is 31.5 Å². The quantitative estimate of drug-likeness (QED) is 0.777. The lowest BCUT2D eigenvalue weighted by Gasteiger charge is -2.20. The van der Waals surface area contributed by atoms with Crippen LogP contribution in [0.1, 0.15) is 23.4 Å². The molecule has 0 aliphatic carbocycles. The van der Waals surface area contributed by atoms with E-state index >= 15 is 0 Å². The van der Waals surface area contributed by atoms with Crippen LogP contribution in [0.15, 0.2) is 16.6 Å². The van der Waals surface area contributed by atoms with E-state index in [1.165, 1.54) is 6.26 Å². The molecule has 0 amide bonds. The Labute approximate surface area is 122 Å². The number of aryl methyl sites for hydroxylation is 1. The van der Waals surface area contributed by atoms with Crippen LogP contribution in [0, 0.1) is 6.92 Å². The summed E-state index contributed by atoms with van der Waals surface area (Å²) in [6.07, 6.45) is 1.18. The van der Waals surface area contributed by atoms with Crippen LogP contribution in [0.3, 0.4) is 0 Å². The van der Waals surface area contributed by atoms with Crippen LogP contribution in [0.5, 0.6) is 5.75 Å². The lowest BCUT2D eigenvalue weighted by Crippen LogP contribution is -2.21. The van der Waals surface area contributed by atoms with Gasteiger partial charge < -0.3 is 4.74 Å². The first-order valence-corrected chi connectivity index (χ1v) is 8.53. The van der Waals surface area contributed by atoms with Gasteiger partial charge in [-0.2, -0.15) is 0 Å². The maximum absolute atomic E-state index is 11.6. The molecule has 6 heteroatoms. The summed E-state index contributed by atoms with van der Waals surface area (Å²) in [5.41, 5.74) is 1.68. The highest BCUT2D eigenvalue weighted by Crippen LogP contribution is 2.37. The smallest absolute Gasteiger partial charge is 0.151 e. The molecule has 102 valence electrons. The highest BCUT2D eigenvalue weighted by Gasteiger charge is 2.28. The highest BCUT2D eigenvalue weighted by atomic mass is 79.9. The molecule has 3 nitrogen and oxygen atoms in total. The first-order valence-electron chi connectivity index (χ1n) is 5.35. The number of ether oxygens (including phenoxy) is 1. The molecule has 0 aliphatic heterocycles. The van der Waals surface area contributed by atoms with E-state index in [9.17, 15) is 8.42 Å². The first kappa shape index (κ1) is 15.8. The van der Waals surface area contributed by atoms with Gasteiger partial charge in [0.25, 0.3) is 0 Å². The predicted molar refractivity (Wildman–Crippen MR) is 78.3 cm³/mol. The second kappa shape index (κ2) is 5.80. The maximum atomic E-state index is 11.6. The number of alkyl halides is 1. The van der Waals surface area contributed by atoms with Gasteiger partial charge in [0.15, 0.2) is 9.84 Å². The maximum Gasteiger partial charge on any atom is 0.151 e. The van der Waals surface area contributed by atoms with Crippen molar-refractivity contribution in [1.82, 2.24) is 0 Å². The molecule has 0 saturated carbocycles. The van der Waals surface area contributed by atoms with E-state index in [1.807, 2.05) is 19.1 Å². The van der Waals surface area contributed by atoms with Gasteiger partial charge in [0.05, 0.1) is 17.7 Å². The average Bonchev–Trinajstić information content (AvgIpc) is 2.29. The molecule has 1 rings (SSSR count). The van der Waals surface area contributed by atoms with Gasteiger partial charge in [-0.25, -0.2) is 8.42 Å². The molecule has 0 aliphatic rings. The van der Waals surface area contributed by atoms with Crippen LogP contribution in [0.2, 0.25) is 0 Å². The minimum atomic E-state index is -3.20. The Balaban J connectivity index is 3.28. The number of hydrogen-bond acceptors (Lipinski definition) is 3. The fraction of sp³-hybridized carbons (Fsp3) is 0.500. The van der Waals surface area contributed by atoms with Crippen molar-refractivity contribution in [1.29, 1.82) is 0 Å². The Morgan fingerprint density at radius 2 is 1.94 bits per heavy atom. The molecule has 1 aromatic carbocycles. The zero-order valence-corrected chi connectivity index (χ0v) is 13.9. The number of methoxy groups -OCH3 is 1. The Hall–Kier alpha value is -0.260. The summed E-state index contributed by atoms with van der Waals surface area (Å²) in [5.74, 6) is 0.603. The van der Waals surface area contributed by atoms with E-state index in [0.717, 1.165) is 10.0 Å². The molecule has 18 heavy (non-hydrogen) atoms. The summed E-state index contributed by atoms with van der Waals surface area (Å²) in [6, 6.07) is 3.65. The van der Waals surface area contributed by atoms with Gasteiger partial charge in [0.1, 0.15) is 5.75 Å². The van der Waals surface area contributed by atoms with Gasteiger partial charge in [-0.3, -0.25) is 0 Å². The number of sulfone groups is 1. The van der Waals surface area contributed by atoms with Gasteiger partial charge in [0, 0.05) is 16.3 Å². The van der Waals surface area contributed by atoms with E-state index in [1.54, 1.807) is 14.0 Å². The van der Waals surface area contributed by atoms with Crippen LogP contribution in [-0.4, -0.2) is 27.0 Å². The predicted octanol–water partition coefficient (Wildman–Crippen LogP) is 3.48. The Morgan fingerprint density at radius 1 is 1.39 bits per heavy atom.